The van der Waals surface area contributed by atoms with E-state index in [-0.39, 0.29) is 30.5 Å². The number of amides is 1. The average molecular weight is 343 g/mol. The Hall–Kier alpha value is -1.88. The summed E-state index contributed by atoms with van der Waals surface area (Å²) in [6.45, 7) is 0.221. The number of fused-ring (bicyclic) bond motifs is 1. The topological polar surface area (TPSA) is 66.8 Å². The lowest BCUT2D eigenvalue weighted by molar-refractivity contribution is -0.125. The fraction of sp³-hybridized carbons (Fsp3) is 0.600. The number of likely N-dealkylation sites (tertiary alicyclic amines) is 1. The van der Waals surface area contributed by atoms with E-state index in [9.17, 15) is 14.7 Å². The minimum atomic E-state index is -0.984. The summed E-state index contributed by atoms with van der Waals surface area (Å²) < 4.78 is 6.00. The molecule has 1 aromatic rings. The number of Topliss-reactive ketones (excluding diaryl/α,β-unsaturated/α-hetero) is 1. The van der Waals surface area contributed by atoms with E-state index in [4.69, 9.17) is 4.74 Å². The summed E-state index contributed by atoms with van der Waals surface area (Å²) in [5.41, 5.74) is 1.39. The molecule has 1 aliphatic heterocycles. The third kappa shape index (κ3) is 3.06. The van der Waals surface area contributed by atoms with Gasteiger partial charge >= 0.3 is 6.09 Å². The van der Waals surface area contributed by atoms with Gasteiger partial charge in [0.05, 0.1) is 12.7 Å². The van der Waals surface area contributed by atoms with E-state index in [1.54, 1.807) is 0 Å². The van der Waals surface area contributed by atoms with Crippen molar-refractivity contribution >= 4 is 11.9 Å². The van der Waals surface area contributed by atoms with Gasteiger partial charge in [-0.05, 0) is 50.0 Å². The van der Waals surface area contributed by atoms with Crippen LogP contribution in [0.15, 0.2) is 30.3 Å². The Morgan fingerprint density at radius 1 is 1.08 bits per heavy atom. The van der Waals surface area contributed by atoms with Crippen molar-refractivity contribution < 1.29 is 19.4 Å². The molecule has 2 saturated carbocycles. The number of hydrogen-bond acceptors (Lipinski definition) is 3. The van der Waals surface area contributed by atoms with Crippen LogP contribution >= 0.6 is 0 Å². The summed E-state index contributed by atoms with van der Waals surface area (Å²) in [5.74, 6) is 0.565. The van der Waals surface area contributed by atoms with Crippen molar-refractivity contribution in [1.29, 1.82) is 0 Å². The van der Waals surface area contributed by atoms with Gasteiger partial charge in [-0.3, -0.25) is 9.69 Å². The lowest BCUT2D eigenvalue weighted by Gasteiger charge is -2.34. The van der Waals surface area contributed by atoms with Gasteiger partial charge in [0, 0.05) is 12.0 Å². The first-order chi connectivity index (χ1) is 12.1. The van der Waals surface area contributed by atoms with Gasteiger partial charge in [-0.2, -0.15) is 0 Å². The summed E-state index contributed by atoms with van der Waals surface area (Å²) in [6, 6.07) is 9.87. The average Bonchev–Trinajstić information content (AvgIpc) is 2.79. The molecule has 1 amide bonds. The highest BCUT2D eigenvalue weighted by Crippen LogP contribution is 2.42. The lowest BCUT2D eigenvalue weighted by atomic mass is 9.79. The number of carbonyl (C=O) groups is 2. The Labute approximate surface area is 148 Å². The number of ketones is 1. The number of carboxylic acid groups (broad SMARTS) is 1. The Morgan fingerprint density at radius 2 is 1.80 bits per heavy atom. The molecule has 1 heterocycles. The van der Waals surface area contributed by atoms with Crippen molar-refractivity contribution in [2.45, 2.75) is 62.6 Å². The lowest BCUT2D eigenvalue weighted by Crippen LogP contribution is -2.46. The molecule has 2 aliphatic carbocycles. The predicted molar refractivity (Wildman–Crippen MR) is 92.6 cm³/mol. The van der Waals surface area contributed by atoms with Crippen molar-refractivity contribution in [2.24, 2.45) is 5.92 Å². The first-order valence-electron chi connectivity index (χ1n) is 9.36. The van der Waals surface area contributed by atoms with Crippen LogP contribution < -0.4 is 0 Å². The maximum atomic E-state index is 12.4. The van der Waals surface area contributed by atoms with E-state index in [0.717, 1.165) is 38.5 Å². The molecule has 5 nitrogen and oxygen atoms in total. The monoisotopic (exact) mass is 343 g/mol. The third-order valence-electron chi connectivity index (χ3n) is 6.28. The number of rotatable bonds is 4. The van der Waals surface area contributed by atoms with Crippen LogP contribution in [0.5, 0.6) is 0 Å². The summed E-state index contributed by atoms with van der Waals surface area (Å²) in [7, 11) is 0. The van der Waals surface area contributed by atoms with Crippen molar-refractivity contribution in [1.82, 2.24) is 4.90 Å². The molecule has 0 bridgehead atoms. The fourth-order valence-corrected chi connectivity index (χ4v) is 4.72. The Balaban J connectivity index is 1.30. The molecule has 3 aliphatic rings. The van der Waals surface area contributed by atoms with Crippen LogP contribution in [0, 0.1) is 5.92 Å². The molecule has 1 saturated heterocycles. The van der Waals surface area contributed by atoms with Crippen LogP contribution in [-0.2, 0) is 9.53 Å². The van der Waals surface area contributed by atoms with Gasteiger partial charge in [0.2, 0.25) is 0 Å². The second-order valence-electron chi connectivity index (χ2n) is 7.58. The fourth-order valence-electron chi connectivity index (χ4n) is 4.72. The van der Waals surface area contributed by atoms with Gasteiger partial charge in [-0.15, -0.1) is 0 Å². The molecule has 0 unspecified atom stereocenters. The van der Waals surface area contributed by atoms with Crippen LogP contribution in [0.1, 0.15) is 50.0 Å². The van der Waals surface area contributed by atoms with E-state index < -0.39 is 12.1 Å². The highest BCUT2D eigenvalue weighted by Gasteiger charge is 2.55. The molecule has 134 valence electrons. The molecule has 1 N–H and O–H groups in total. The predicted octanol–water partition coefficient (Wildman–Crippen LogP) is 3.44. The maximum Gasteiger partial charge on any atom is 0.408 e. The number of hydrogen-bond donors (Lipinski definition) is 1. The number of nitrogens with zero attached hydrogens (tertiary/aromatic N) is 1. The van der Waals surface area contributed by atoms with Crippen molar-refractivity contribution in [3.63, 3.8) is 0 Å². The molecule has 0 aromatic heterocycles. The Kier molecular flexibility index (Phi) is 4.50. The second-order valence-corrected chi connectivity index (χ2v) is 7.58. The summed E-state index contributed by atoms with van der Waals surface area (Å²) in [5, 5.41) is 9.44. The van der Waals surface area contributed by atoms with E-state index in [2.05, 4.69) is 24.3 Å². The standard InChI is InChI=1S/C20H25NO4/c22-19-16-10-11-17(16)21(20(23)24)18(19)12-25-15-8-6-14(7-9-15)13-4-2-1-3-5-13/h1-5,14-18H,6-12H2,(H,23,24)/t14?,15?,16-,17+,18-/m0/s1. The SMILES string of the molecule is O=C1[C@H]2CC[C@H]2N(C(=O)O)[C@H]1COC1CCC(c2ccccc2)CC1. The maximum absolute atomic E-state index is 12.4. The van der Waals surface area contributed by atoms with Crippen LogP contribution in [0.2, 0.25) is 0 Å². The molecule has 1 aromatic carbocycles. The molecular weight excluding hydrogens is 318 g/mol. The minimum absolute atomic E-state index is 0.0663. The number of carbonyl (C=O) groups excluding carboxylic acids is 1. The highest BCUT2D eigenvalue weighted by molar-refractivity contribution is 5.94. The van der Waals surface area contributed by atoms with Crippen LogP contribution in [0.3, 0.4) is 0 Å². The van der Waals surface area contributed by atoms with Gasteiger partial charge in [-0.1, -0.05) is 30.3 Å². The minimum Gasteiger partial charge on any atom is -0.465 e. The van der Waals surface area contributed by atoms with Crippen molar-refractivity contribution in [3.05, 3.63) is 35.9 Å². The first-order valence-corrected chi connectivity index (χ1v) is 9.36. The molecule has 0 radical (unpaired) electrons. The molecule has 4 rings (SSSR count). The summed E-state index contributed by atoms with van der Waals surface area (Å²) in [6.07, 6.45) is 4.90. The molecule has 25 heavy (non-hydrogen) atoms. The van der Waals surface area contributed by atoms with Gasteiger partial charge in [0.1, 0.15) is 6.04 Å². The zero-order valence-electron chi connectivity index (χ0n) is 14.3. The van der Waals surface area contributed by atoms with E-state index in [0.29, 0.717) is 5.92 Å². The van der Waals surface area contributed by atoms with Crippen LogP contribution in [0.4, 0.5) is 4.79 Å². The smallest absolute Gasteiger partial charge is 0.408 e. The molecule has 3 atom stereocenters. The zero-order valence-corrected chi connectivity index (χ0v) is 14.3. The first kappa shape index (κ1) is 16.6. The zero-order chi connectivity index (χ0) is 17.4. The molecule has 3 fully saturated rings. The van der Waals surface area contributed by atoms with Crippen LogP contribution in [0.25, 0.3) is 0 Å². The molecule has 0 spiro atoms. The van der Waals surface area contributed by atoms with E-state index in [1.165, 1.54) is 10.5 Å². The largest absolute Gasteiger partial charge is 0.465 e. The third-order valence-corrected chi connectivity index (χ3v) is 6.28. The van der Waals surface area contributed by atoms with Gasteiger partial charge < -0.3 is 9.84 Å². The molecule has 5 heteroatoms. The number of ether oxygens (including phenoxy) is 1. The highest BCUT2D eigenvalue weighted by atomic mass is 16.5. The number of benzene rings is 1. The van der Waals surface area contributed by atoms with Crippen LogP contribution in [-0.4, -0.2) is 46.7 Å². The van der Waals surface area contributed by atoms with Crippen molar-refractivity contribution in [2.75, 3.05) is 6.61 Å². The van der Waals surface area contributed by atoms with E-state index >= 15 is 0 Å². The normalized spacial score (nSPS) is 34.5. The van der Waals surface area contributed by atoms with Crippen molar-refractivity contribution in [3.8, 4) is 0 Å². The Bertz CT molecular complexity index is 638. The quantitative estimate of drug-likeness (QED) is 0.909. The van der Waals surface area contributed by atoms with Gasteiger partial charge in [-0.25, -0.2) is 4.79 Å². The van der Waals surface area contributed by atoms with E-state index in [1.807, 2.05) is 6.07 Å². The summed E-state index contributed by atoms with van der Waals surface area (Å²) >= 11 is 0. The van der Waals surface area contributed by atoms with Gasteiger partial charge in [0.15, 0.2) is 5.78 Å². The molecular formula is C20H25NO4. The Morgan fingerprint density at radius 3 is 2.40 bits per heavy atom. The van der Waals surface area contributed by atoms with Gasteiger partial charge in [0.25, 0.3) is 0 Å². The second kappa shape index (κ2) is 6.79. The summed E-state index contributed by atoms with van der Waals surface area (Å²) in [4.78, 5) is 25.3.